The fourth-order valence-electron chi connectivity index (χ4n) is 6.68. The van der Waals surface area contributed by atoms with Gasteiger partial charge in [0.1, 0.15) is 11.4 Å². The van der Waals surface area contributed by atoms with E-state index in [0.29, 0.717) is 29.6 Å². The van der Waals surface area contributed by atoms with Crippen LogP contribution in [0.1, 0.15) is 96.4 Å². The van der Waals surface area contributed by atoms with Crippen LogP contribution in [-0.2, 0) is 25.8 Å². The van der Waals surface area contributed by atoms with Crippen molar-refractivity contribution >= 4 is 28.9 Å². The Labute approximate surface area is 257 Å². The second kappa shape index (κ2) is 10.9. The van der Waals surface area contributed by atoms with E-state index in [0.717, 1.165) is 41.5 Å². The Morgan fingerprint density at radius 2 is 1.76 bits per heavy atom. The number of nitrogens with two attached hydrogens (primary N) is 1. The van der Waals surface area contributed by atoms with Gasteiger partial charge in [0.25, 0.3) is 11.8 Å². The first-order valence-electron chi connectivity index (χ1n) is 14.9. The van der Waals surface area contributed by atoms with Crippen LogP contribution in [0.4, 0.5) is 5.69 Å². The first-order chi connectivity index (χ1) is 21.7. The predicted octanol–water partition coefficient (Wildman–Crippen LogP) is 2.73. The zero-order valence-electron chi connectivity index (χ0n) is 24.6. The molecule has 2 aliphatic rings. The molecule has 0 bridgehead atoms. The zero-order valence-corrected chi connectivity index (χ0v) is 24.6. The van der Waals surface area contributed by atoms with Gasteiger partial charge in [-0.1, -0.05) is 30.3 Å². The van der Waals surface area contributed by atoms with E-state index in [9.17, 15) is 24.0 Å². The Morgan fingerprint density at radius 3 is 2.56 bits per heavy atom. The number of anilines is 1. The molecule has 0 aliphatic heterocycles. The highest BCUT2D eigenvalue weighted by Gasteiger charge is 2.30. The van der Waals surface area contributed by atoms with Gasteiger partial charge in [-0.2, -0.15) is 5.10 Å². The Morgan fingerprint density at radius 1 is 0.933 bits per heavy atom. The highest BCUT2D eigenvalue weighted by molar-refractivity contribution is 5.98. The van der Waals surface area contributed by atoms with Crippen LogP contribution in [0.2, 0.25) is 0 Å². The van der Waals surface area contributed by atoms with Gasteiger partial charge in [0.2, 0.25) is 10.9 Å². The molecule has 0 radical (unpaired) electrons. The number of benzene rings is 2. The summed E-state index contributed by atoms with van der Waals surface area (Å²) in [5.41, 5.74) is 11.7. The van der Waals surface area contributed by atoms with Gasteiger partial charge >= 0.3 is 0 Å². The highest BCUT2D eigenvalue weighted by Crippen LogP contribution is 2.34. The van der Waals surface area contributed by atoms with E-state index in [1.165, 1.54) is 29.3 Å². The lowest BCUT2D eigenvalue weighted by Crippen LogP contribution is -2.40. The lowest BCUT2D eigenvalue weighted by Gasteiger charge is -2.26. The standard InChI is InChI=1S/C34H30N6O5/c1-17(41)20-6-8-24-21(13-20)7-9-25(24)39-34(45)27-15-26(38-28-10-11-37-40(27)28)33(44)36-16-18-2-3-19-4-5-22(14-23(19)12-18)29-30(35)32(43)31(29)42/h2-3,6,8,10-13,15,22,25H,4-5,7,9,14,16,35H2,1H3,(H,36,44)(H,39,45)/t22?,25-/m0/s1. The number of aryl methyl sites for hydroxylation is 2. The smallest absolute Gasteiger partial charge is 0.270 e. The second-order valence-corrected chi connectivity index (χ2v) is 11.9. The minimum atomic E-state index is -0.594. The predicted molar refractivity (Wildman–Crippen MR) is 166 cm³/mol. The van der Waals surface area contributed by atoms with E-state index < -0.39 is 16.8 Å². The molecular formula is C34H30N6O5. The summed E-state index contributed by atoms with van der Waals surface area (Å²) in [6.45, 7) is 1.76. The van der Waals surface area contributed by atoms with Crippen molar-refractivity contribution in [2.75, 3.05) is 5.73 Å². The van der Waals surface area contributed by atoms with Crippen molar-refractivity contribution in [2.24, 2.45) is 0 Å². The third-order valence-electron chi connectivity index (χ3n) is 9.10. The van der Waals surface area contributed by atoms with Gasteiger partial charge in [-0.25, -0.2) is 9.50 Å². The minimum absolute atomic E-state index is 0.00178. The van der Waals surface area contributed by atoms with Gasteiger partial charge in [0, 0.05) is 29.8 Å². The normalized spacial score (nSPS) is 17.2. The number of amides is 2. The van der Waals surface area contributed by atoms with E-state index in [4.69, 9.17) is 5.73 Å². The summed E-state index contributed by atoms with van der Waals surface area (Å²) in [6.07, 6.45) is 5.10. The van der Waals surface area contributed by atoms with Crippen LogP contribution in [-0.4, -0.2) is 32.2 Å². The maximum atomic E-state index is 13.5. The molecule has 5 aromatic rings. The van der Waals surface area contributed by atoms with Crippen LogP contribution in [0.15, 0.2) is 64.3 Å². The fraction of sp³-hybridized carbons (Fsp3) is 0.265. The molecule has 0 fully saturated rings. The highest BCUT2D eigenvalue weighted by atomic mass is 16.2. The van der Waals surface area contributed by atoms with Crippen LogP contribution in [0.3, 0.4) is 0 Å². The van der Waals surface area contributed by atoms with E-state index >= 15 is 0 Å². The molecule has 1 unspecified atom stereocenters. The average Bonchev–Trinajstić information content (AvgIpc) is 3.69. The average molecular weight is 603 g/mol. The first kappa shape index (κ1) is 28.3. The van der Waals surface area contributed by atoms with Gasteiger partial charge in [0.05, 0.1) is 17.9 Å². The molecule has 226 valence electrons. The van der Waals surface area contributed by atoms with Crippen molar-refractivity contribution in [1.29, 1.82) is 0 Å². The largest absolute Gasteiger partial charge is 0.395 e. The van der Waals surface area contributed by atoms with Crippen LogP contribution >= 0.6 is 0 Å². The number of carbonyl (C=O) groups excluding carboxylic acids is 3. The number of carbonyl (C=O) groups is 3. The SMILES string of the molecule is CC(=O)c1ccc2c(c1)CC[C@@H]2NC(=O)c1cc(C(=O)NCc2ccc3c(c2)CC(c2c(N)c(=O)c2=O)CC3)nc2ccnn12. The molecule has 2 amide bonds. The van der Waals surface area contributed by atoms with E-state index in [2.05, 4.69) is 20.7 Å². The monoisotopic (exact) mass is 602 g/mol. The van der Waals surface area contributed by atoms with Crippen molar-refractivity contribution in [1.82, 2.24) is 25.2 Å². The lowest BCUT2D eigenvalue weighted by atomic mass is 9.78. The van der Waals surface area contributed by atoms with Gasteiger partial charge in [0.15, 0.2) is 11.4 Å². The Hall–Kier alpha value is -5.45. The second-order valence-electron chi connectivity index (χ2n) is 11.9. The van der Waals surface area contributed by atoms with E-state index in [1.807, 2.05) is 30.3 Å². The molecule has 0 saturated heterocycles. The summed E-state index contributed by atoms with van der Waals surface area (Å²) in [4.78, 5) is 66.7. The molecule has 11 nitrogen and oxygen atoms in total. The van der Waals surface area contributed by atoms with Crippen molar-refractivity contribution < 1.29 is 14.4 Å². The maximum absolute atomic E-state index is 13.5. The minimum Gasteiger partial charge on any atom is -0.395 e. The molecule has 11 heteroatoms. The third kappa shape index (κ3) is 4.99. The summed E-state index contributed by atoms with van der Waals surface area (Å²) in [5, 5.41) is 10.2. The number of rotatable bonds is 7. The molecule has 45 heavy (non-hydrogen) atoms. The quantitative estimate of drug-likeness (QED) is 0.189. The Kier molecular flexibility index (Phi) is 6.87. The summed E-state index contributed by atoms with van der Waals surface area (Å²) in [7, 11) is 0. The number of Topliss-reactive ketones (excluding diaryl/α,β-unsaturated/α-hetero) is 1. The number of ketones is 1. The van der Waals surface area contributed by atoms with Gasteiger partial charge in [-0.05, 0) is 78.8 Å². The number of nitrogens with zero attached hydrogens (tertiary/aromatic N) is 3. The van der Waals surface area contributed by atoms with Crippen LogP contribution in [0.5, 0.6) is 0 Å². The van der Waals surface area contributed by atoms with Crippen LogP contribution in [0.25, 0.3) is 5.65 Å². The summed E-state index contributed by atoms with van der Waals surface area (Å²) in [6, 6.07) is 14.4. The lowest BCUT2D eigenvalue weighted by molar-refractivity contribution is 0.0927. The zero-order chi connectivity index (χ0) is 31.4. The van der Waals surface area contributed by atoms with Crippen LogP contribution < -0.4 is 27.2 Å². The molecular weight excluding hydrogens is 572 g/mol. The molecule has 2 atom stereocenters. The molecule has 2 aromatic heterocycles. The van der Waals surface area contributed by atoms with Gasteiger partial charge in [-0.15, -0.1) is 0 Å². The number of nitrogen functional groups attached to an aromatic ring is 1. The number of nitrogens with one attached hydrogen (secondary N) is 2. The van der Waals surface area contributed by atoms with Crippen molar-refractivity contribution in [3.8, 4) is 0 Å². The Balaban J connectivity index is 1.06. The molecule has 2 heterocycles. The fourth-order valence-corrected chi connectivity index (χ4v) is 6.68. The molecule has 4 N–H and O–H groups in total. The number of hydrogen-bond acceptors (Lipinski definition) is 8. The summed E-state index contributed by atoms with van der Waals surface area (Å²) in [5.74, 6) is -0.916. The topological polar surface area (TPSA) is 166 Å². The van der Waals surface area contributed by atoms with Crippen molar-refractivity contribution in [2.45, 2.75) is 57.5 Å². The van der Waals surface area contributed by atoms with Gasteiger partial charge in [-0.3, -0.25) is 24.0 Å². The van der Waals surface area contributed by atoms with Gasteiger partial charge < -0.3 is 16.4 Å². The molecule has 7 rings (SSSR count). The van der Waals surface area contributed by atoms with Crippen molar-refractivity contribution in [3.63, 3.8) is 0 Å². The van der Waals surface area contributed by atoms with Crippen molar-refractivity contribution in [3.05, 3.63) is 126 Å². The van der Waals surface area contributed by atoms with E-state index in [-0.39, 0.29) is 47.3 Å². The maximum Gasteiger partial charge on any atom is 0.270 e. The number of aromatic nitrogens is 3. The number of hydrogen-bond donors (Lipinski definition) is 3. The molecule has 0 saturated carbocycles. The molecule has 3 aromatic carbocycles. The molecule has 0 spiro atoms. The number of fused-ring (bicyclic) bond motifs is 3. The third-order valence-corrected chi connectivity index (χ3v) is 9.10. The molecule has 2 aliphatic carbocycles. The first-order valence-corrected chi connectivity index (χ1v) is 14.9. The van der Waals surface area contributed by atoms with E-state index in [1.54, 1.807) is 12.1 Å². The summed E-state index contributed by atoms with van der Waals surface area (Å²) >= 11 is 0. The summed E-state index contributed by atoms with van der Waals surface area (Å²) < 4.78 is 1.41. The van der Waals surface area contributed by atoms with Crippen LogP contribution in [0, 0.1) is 0 Å². The Bertz CT molecular complexity index is 2120.